The summed E-state index contributed by atoms with van der Waals surface area (Å²) in [5.74, 6) is 1.64. The zero-order chi connectivity index (χ0) is 15.4. The van der Waals surface area contributed by atoms with Crippen LogP contribution in [0.5, 0.6) is 11.6 Å². The van der Waals surface area contributed by atoms with Gasteiger partial charge in [-0.15, -0.1) is 0 Å². The van der Waals surface area contributed by atoms with Crippen molar-refractivity contribution in [2.45, 2.75) is 6.54 Å². The second kappa shape index (κ2) is 6.43. The zero-order valence-electron chi connectivity index (χ0n) is 12.3. The number of hydrogen-bond acceptors (Lipinski definition) is 5. The molecule has 1 N–H and O–H groups in total. The summed E-state index contributed by atoms with van der Waals surface area (Å²) < 4.78 is 18.5. The van der Waals surface area contributed by atoms with Crippen LogP contribution in [0.2, 0.25) is 0 Å². The summed E-state index contributed by atoms with van der Waals surface area (Å²) in [6, 6.07) is 9.63. The third-order valence-corrected chi connectivity index (χ3v) is 3.34. The first-order valence-corrected chi connectivity index (χ1v) is 7.08. The summed E-state index contributed by atoms with van der Waals surface area (Å²) in [6.07, 6.45) is 1.69. The van der Waals surface area contributed by atoms with Crippen LogP contribution in [0.25, 0.3) is 0 Å². The van der Waals surface area contributed by atoms with Gasteiger partial charge in [0.2, 0.25) is 5.88 Å². The van der Waals surface area contributed by atoms with Gasteiger partial charge in [-0.1, -0.05) is 0 Å². The Morgan fingerprint density at radius 1 is 1.27 bits per heavy atom. The summed E-state index contributed by atoms with van der Waals surface area (Å²) in [5, 5.41) is 3.29. The highest BCUT2D eigenvalue weighted by Crippen LogP contribution is 2.20. The molecule has 0 atom stereocenters. The second-order valence-electron chi connectivity index (χ2n) is 5.04. The highest BCUT2D eigenvalue weighted by atomic mass is 19.1. The van der Waals surface area contributed by atoms with E-state index in [1.807, 2.05) is 19.2 Å². The molecule has 3 rings (SSSR count). The number of pyridine rings is 1. The number of likely N-dealkylation sites (N-methyl/N-ethyl adjacent to an activating group) is 1. The Hall–Kier alpha value is -2.63. The minimum atomic E-state index is -0.292. The summed E-state index contributed by atoms with van der Waals surface area (Å²) in [7, 11) is 2.01. The normalized spacial score (nSPS) is 13.9. The SMILES string of the molecule is CN1CCN=C1NCc1ccnc(Oc2ccc(F)cc2)c1. The van der Waals surface area contributed by atoms with Crippen molar-refractivity contribution in [3.05, 3.63) is 54.0 Å². The molecule has 0 saturated heterocycles. The van der Waals surface area contributed by atoms with E-state index in [-0.39, 0.29) is 5.82 Å². The predicted octanol–water partition coefficient (Wildman–Crippen LogP) is 2.40. The maximum absolute atomic E-state index is 12.9. The molecule has 0 fully saturated rings. The molecule has 0 aliphatic carbocycles. The van der Waals surface area contributed by atoms with E-state index in [4.69, 9.17) is 4.74 Å². The number of aliphatic imine (C=N–C) groups is 1. The molecule has 5 nitrogen and oxygen atoms in total. The molecule has 1 aromatic heterocycles. The molecule has 2 heterocycles. The van der Waals surface area contributed by atoms with E-state index in [1.54, 1.807) is 18.3 Å². The van der Waals surface area contributed by atoms with Crippen LogP contribution < -0.4 is 10.1 Å². The highest BCUT2D eigenvalue weighted by Gasteiger charge is 2.11. The van der Waals surface area contributed by atoms with Gasteiger partial charge in [0.15, 0.2) is 5.96 Å². The molecule has 22 heavy (non-hydrogen) atoms. The summed E-state index contributed by atoms with van der Waals surface area (Å²) in [4.78, 5) is 10.6. The predicted molar refractivity (Wildman–Crippen MR) is 82.5 cm³/mol. The highest BCUT2D eigenvalue weighted by molar-refractivity contribution is 5.81. The van der Waals surface area contributed by atoms with E-state index >= 15 is 0 Å². The summed E-state index contributed by atoms with van der Waals surface area (Å²) >= 11 is 0. The van der Waals surface area contributed by atoms with Crippen molar-refractivity contribution in [1.82, 2.24) is 15.2 Å². The Labute approximate surface area is 128 Å². The molecule has 1 aliphatic heterocycles. The van der Waals surface area contributed by atoms with Crippen LogP contribution >= 0.6 is 0 Å². The van der Waals surface area contributed by atoms with Crippen molar-refractivity contribution in [1.29, 1.82) is 0 Å². The molecule has 0 spiro atoms. The molecular weight excluding hydrogens is 283 g/mol. The maximum Gasteiger partial charge on any atom is 0.219 e. The van der Waals surface area contributed by atoms with Gasteiger partial charge >= 0.3 is 0 Å². The van der Waals surface area contributed by atoms with Crippen LogP contribution in [0.3, 0.4) is 0 Å². The van der Waals surface area contributed by atoms with Gasteiger partial charge in [-0.2, -0.15) is 0 Å². The van der Waals surface area contributed by atoms with E-state index in [9.17, 15) is 4.39 Å². The molecule has 0 bridgehead atoms. The Balaban J connectivity index is 1.63. The first kappa shape index (κ1) is 14.3. The van der Waals surface area contributed by atoms with Crippen molar-refractivity contribution >= 4 is 5.96 Å². The second-order valence-corrected chi connectivity index (χ2v) is 5.04. The lowest BCUT2D eigenvalue weighted by Gasteiger charge is -2.15. The third-order valence-electron chi connectivity index (χ3n) is 3.34. The van der Waals surface area contributed by atoms with Crippen molar-refractivity contribution in [2.24, 2.45) is 4.99 Å². The number of hydrogen-bond donors (Lipinski definition) is 1. The lowest BCUT2D eigenvalue weighted by atomic mass is 10.2. The summed E-state index contributed by atoms with van der Waals surface area (Å²) in [6.45, 7) is 2.41. The molecule has 114 valence electrons. The van der Waals surface area contributed by atoms with Gasteiger partial charge in [0.25, 0.3) is 0 Å². The van der Waals surface area contributed by atoms with E-state index in [0.717, 1.165) is 24.6 Å². The van der Waals surface area contributed by atoms with Crippen LogP contribution in [-0.2, 0) is 6.54 Å². The Morgan fingerprint density at radius 3 is 2.82 bits per heavy atom. The molecule has 1 aliphatic rings. The Kier molecular flexibility index (Phi) is 4.18. The monoisotopic (exact) mass is 300 g/mol. The van der Waals surface area contributed by atoms with Gasteiger partial charge in [-0.05, 0) is 35.9 Å². The minimum Gasteiger partial charge on any atom is -0.439 e. The molecule has 0 unspecified atom stereocenters. The van der Waals surface area contributed by atoms with E-state index in [0.29, 0.717) is 18.2 Å². The van der Waals surface area contributed by atoms with Crippen molar-refractivity contribution < 1.29 is 9.13 Å². The van der Waals surface area contributed by atoms with Gasteiger partial charge in [0.1, 0.15) is 11.6 Å². The first-order chi connectivity index (χ1) is 10.7. The fourth-order valence-corrected chi connectivity index (χ4v) is 2.14. The topological polar surface area (TPSA) is 49.8 Å². The number of nitrogens with zero attached hydrogens (tertiary/aromatic N) is 3. The van der Waals surface area contributed by atoms with E-state index < -0.39 is 0 Å². The van der Waals surface area contributed by atoms with Gasteiger partial charge in [-0.3, -0.25) is 4.99 Å². The quantitative estimate of drug-likeness (QED) is 0.942. The van der Waals surface area contributed by atoms with Crippen molar-refractivity contribution in [3.8, 4) is 11.6 Å². The lowest BCUT2D eigenvalue weighted by molar-refractivity contribution is 0.460. The smallest absolute Gasteiger partial charge is 0.219 e. The fraction of sp³-hybridized carbons (Fsp3) is 0.250. The summed E-state index contributed by atoms with van der Waals surface area (Å²) in [5.41, 5.74) is 1.04. The number of rotatable bonds is 4. The molecular formula is C16H17FN4O. The van der Waals surface area contributed by atoms with Crippen LogP contribution in [0.4, 0.5) is 4.39 Å². The van der Waals surface area contributed by atoms with Gasteiger partial charge < -0.3 is 15.0 Å². The number of halogens is 1. The fourth-order valence-electron chi connectivity index (χ4n) is 2.14. The average Bonchev–Trinajstić information content (AvgIpc) is 2.93. The molecule has 0 amide bonds. The van der Waals surface area contributed by atoms with Crippen LogP contribution in [0.15, 0.2) is 47.6 Å². The van der Waals surface area contributed by atoms with Crippen molar-refractivity contribution in [2.75, 3.05) is 20.1 Å². The molecule has 0 saturated carbocycles. The zero-order valence-corrected chi connectivity index (χ0v) is 12.3. The maximum atomic E-state index is 12.9. The Bertz CT molecular complexity index is 672. The van der Waals surface area contributed by atoms with Crippen molar-refractivity contribution in [3.63, 3.8) is 0 Å². The van der Waals surface area contributed by atoms with Crippen LogP contribution in [-0.4, -0.2) is 36.0 Å². The molecule has 0 radical (unpaired) electrons. The number of aromatic nitrogens is 1. The lowest BCUT2D eigenvalue weighted by Crippen LogP contribution is -2.35. The van der Waals surface area contributed by atoms with Crippen LogP contribution in [0, 0.1) is 5.82 Å². The van der Waals surface area contributed by atoms with Crippen LogP contribution in [0.1, 0.15) is 5.56 Å². The first-order valence-electron chi connectivity index (χ1n) is 7.08. The number of ether oxygens (including phenoxy) is 1. The standard InChI is InChI=1S/C16H17FN4O/c1-21-9-8-19-16(21)20-11-12-6-7-18-15(10-12)22-14-4-2-13(17)3-5-14/h2-7,10H,8-9,11H2,1H3,(H,19,20). The van der Waals surface area contributed by atoms with E-state index in [2.05, 4.69) is 20.2 Å². The number of guanidine groups is 1. The number of nitrogens with one attached hydrogen (secondary N) is 1. The molecule has 2 aromatic rings. The van der Waals surface area contributed by atoms with Gasteiger partial charge in [0.05, 0.1) is 6.54 Å². The van der Waals surface area contributed by atoms with E-state index in [1.165, 1.54) is 12.1 Å². The minimum absolute atomic E-state index is 0.292. The third kappa shape index (κ3) is 3.52. The van der Waals surface area contributed by atoms with Gasteiger partial charge in [0, 0.05) is 32.4 Å². The number of benzene rings is 1. The average molecular weight is 300 g/mol. The van der Waals surface area contributed by atoms with Gasteiger partial charge in [-0.25, -0.2) is 9.37 Å². The molecule has 6 heteroatoms. The Morgan fingerprint density at radius 2 is 2.09 bits per heavy atom. The largest absolute Gasteiger partial charge is 0.439 e. The molecule has 1 aromatic carbocycles.